The van der Waals surface area contributed by atoms with Crippen molar-refractivity contribution in [2.75, 3.05) is 11.5 Å². The fraction of sp³-hybridized carbons (Fsp3) is 0.417. The van der Waals surface area contributed by atoms with Gasteiger partial charge >= 0.3 is 0 Å². The number of rotatable bonds is 3. The van der Waals surface area contributed by atoms with Crippen LogP contribution in [0, 0.1) is 5.92 Å². The van der Waals surface area contributed by atoms with Gasteiger partial charge in [-0.25, -0.2) is 8.42 Å². The van der Waals surface area contributed by atoms with Crippen LogP contribution in [0.5, 0.6) is 0 Å². The van der Waals surface area contributed by atoms with Gasteiger partial charge in [-0.3, -0.25) is 0 Å². The van der Waals surface area contributed by atoms with Crippen molar-refractivity contribution in [3.05, 3.63) is 34.9 Å². The van der Waals surface area contributed by atoms with E-state index in [2.05, 4.69) is 0 Å². The average molecular weight is 273 g/mol. The van der Waals surface area contributed by atoms with Crippen molar-refractivity contribution < 1.29 is 13.2 Å². The third-order valence-electron chi connectivity index (χ3n) is 3.16. The van der Waals surface area contributed by atoms with Crippen molar-refractivity contribution in [3.63, 3.8) is 0 Å². The van der Waals surface area contributed by atoms with Gasteiger partial charge in [-0.05, 0) is 30.0 Å². The Bertz CT molecular complexity index is 524. The lowest BCUT2D eigenvalue weighted by Gasteiger charge is -2.16. The van der Waals surface area contributed by atoms with Crippen molar-refractivity contribution in [2.45, 2.75) is 12.3 Å². The highest BCUT2D eigenvalue weighted by molar-refractivity contribution is 7.91. The SMILES string of the molecule is O=CC(c1cccc(Cl)c1)C1CCS(=O)(=O)C1. The first-order chi connectivity index (χ1) is 8.02. The van der Waals surface area contributed by atoms with Crippen LogP contribution in [-0.4, -0.2) is 26.2 Å². The zero-order valence-corrected chi connectivity index (χ0v) is 10.7. The summed E-state index contributed by atoms with van der Waals surface area (Å²) in [5.41, 5.74) is 0.801. The third kappa shape index (κ3) is 2.87. The molecule has 0 aliphatic carbocycles. The van der Waals surface area contributed by atoms with Crippen LogP contribution in [0.3, 0.4) is 0 Å². The summed E-state index contributed by atoms with van der Waals surface area (Å²) >= 11 is 5.87. The van der Waals surface area contributed by atoms with Crippen LogP contribution in [0.25, 0.3) is 0 Å². The Morgan fingerprint density at radius 1 is 1.41 bits per heavy atom. The summed E-state index contributed by atoms with van der Waals surface area (Å²) in [5, 5.41) is 0.565. The maximum absolute atomic E-state index is 11.4. The molecule has 0 radical (unpaired) electrons. The smallest absolute Gasteiger partial charge is 0.150 e. The Morgan fingerprint density at radius 2 is 2.18 bits per heavy atom. The quantitative estimate of drug-likeness (QED) is 0.792. The Morgan fingerprint density at radius 3 is 2.71 bits per heavy atom. The maximum atomic E-state index is 11.4. The topological polar surface area (TPSA) is 51.2 Å². The summed E-state index contributed by atoms with van der Waals surface area (Å²) in [5.74, 6) is -0.201. The molecule has 1 aliphatic heterocycles. The van der Waals surface area contributed by atoms with Crippen LogP contribution in [0.1, 0.15) is 17.9 Å². The number of aldehydes is 1. The minimum Gasteiger partial charge on any atom is -0.303 e. The molecule has 1 aromatic carbocycles. The Hall–Kier alpha value is -0.870. The number of hydrogen-bond donors (Lipinski definition) is 0. The minimum absolute atomic E-state index is 0.100. The van der Waals surface area contributed by atoms with E-state index in [0.29, 0.717) is 11.4 Å². The van der Waals surface area contributed by atoms with E-state index < -0.39 is 9.84 Å². The van der Waals surface area contributed by atoms with Crippen LogP contribution in [0.2, 0.25) is 5.02 Å². The number of halogens is 1. The number of carbonyl (C=O) groups excluding carboxylic acids is 1. The second-order valence-electron chi connectivity index (χ2n) is 4.38. The molecule has 1 saturated heterocycles. The van der Waals surface area contributed by atoms with Crippen molar-refractivity contribution in [2.24, 2.45) is 5.92 Å². The predicted molar refractivity (Wildman–Crippen MR) is 67.0 cm³/mol. The molecule has 17 heavy (non-hydrogen) atoms. The van der Waals surface area contributed by atoms with Gasteiger partial charge in [0.1, 0.15) is 6.29 Å². The Labute approximate surface area is 106 Å². The van der Waals surface area contributed by atoms with Crippen LogP contribution in [0.4, 0.5) is 0 Å². The summed E-state index contributed by atoms with van der Waals surface area (Å²) in [6.07, 6.45) is 1.38. The lowest BCUT2D eigenvalue weighted by atomic mass is 9.87. The number of hydrogen-bond acceptors (Lipinski definition) is 3. The van der Waals surface area contributed by atoms with Gasteiger partial charge in [-0.2, -0.15) is 0 Å². The maximum Gasteiger partial charge on any atom is 0.150 e. The van der Waals surface area contributed by atoms with Gasteiger partial charge in [0.25, 0.3) is 0 Å². The minimum atomic E-state index is -2.96. The standard InChI is InChI=1S/C12H13ClO3S/c13-11-3-1-2-9(6-11)12(7-14)10-4-5-17(15,16)8-10/h1-3,6-7,10,12H,4-5,8H2. The molecule has 1 fully saturated rings. The van der Waals surface area contributed by atoms with Crippen molar-refractivity contribution >= 4 is 27.7 Å². The second-order valence-corrected chi connectivity index (χ2v) is 7.05. The average Bonchev–Trinajstić information content (AvgIpc) is 2.60. The van der Waals surface area contributed by atoms with E-state index in [1.807, 2.05) is 6.07 Å². The van der Waals surface area contributed by atoms with E-state index in [4.69, 9.17) is 11.6 Å². The monoisotopic (exact) mass is 272 g/mol. The van der Waals surface area contributed by atoms with Gasteiger partial charge in [0.15, 0.2) is 9.84 Å². The zero-order chi connectivity index (χ0) is 12.5. The molecule has 92 valence electrons. The summed E-state index contributed by atoms with van der Waals surface area (Å²) < 4.78 is 22.8. The molecule has 0 bridgehead atoms. The summed E-state index contributed by atoms with van der Waals surface area (Å²) in [7, 11) is -2.96. The highest BCUT2D eigenvalue weighted by atomic mass is 35.5. The van der Waals surface area contributed by atoms with E-state index in [9.17, 15) is 13.2 Å². The van der Waals surface area contributed by atoms with E-state index in [0.717, 1.165) is 11.8 Å². The predicted octanol–water partition coefficient (Wildman–Crippen LogP) is 2.06. The van der Waals surface area contributed by atoms with Crippen LogP contribution >= 0.6 is 11.6 Å². The van der Waals surface area contributed by atoms with Gasteiger partial charge in [0.05, 0.1) is 11.5 Å². The summed E-state index contributed by atoms with van der Waals surface area (Å²) in [6, 6.07) is 7.05. The van der Waals surface area contributed by atoms with E-state index in [1.54, 1.807) is 18.2 Å². The van der Waals surface area contributed by atoms with Gasteiger partial charge in [0, 0.05) is 10.9 Å². The number of benzene rings is 1. The molecule has 0 N–H and O–H groups in total. The molecule has 5 heteroatoms. The Balaban J connectivity index is 2.26. The van der Waals surface area contributed by atoms with Gasteiger partial charge < -0.3 is 4.79 Å². The normalized spacial score (nSPS) is 24.4. The van der Waals surface area contributed by atoms with Gasteiger partial charge in [-0.1, -0.05) is 23.7 Å². The first-order valence-corrected chi connectivity index (χ1v) is 7.63. The fourth-order valence-corrected chi connectivity index (χ4v) is 4.34. The summed E-state index contributed by atoms with van der Waals surface area (Å²) in [6.45, 7) is 0. The number of sulfone groups is 1. The second kappa shape index (κ2) is 4.78. The fourth-order valence-electron chi connectivity index (χ4n) is 2.28. The first-order valence-electron chi connectivity index (χ1n) is 5.43. The first kappa shape index (κ1) is 12.6. The van der Waals surface area contributed by atoms with Crippen LogP contribution in [0.15, 0.2) is 24.3 Å². The molecule has 2 rings (SSSR count). The molecule has 0 saturated carbocycles. The lowest BCUT2D eigenvalue weighted by Crippen LogP contribution is -2.16. The third-order valence-corrected chi connectivity index (χ3v) is 5.18. The highest BCUT2D eigenvalue weighted by Gasteiger charge is 2.34. The molecule has 0 aromatic heterocycles. The van der Waals surface area contributed by atoms with Crippen molar-refractivity contribution in [3.8, 4) is 0 Å². The summed E-state index contributed by atoms with van der Waals surface area (Å²) in [4.78, 5) is 11.2. The Kier molecular flexibility index (Phi) is 3.54. The molecule has 1 aliphatic rings. The van der Waals surface area contributed by atoms with E-state index in [-0.39, 0.29) is 23.3 Å². The van der Waals surface area contributed by atoms with Crippen molar-refractivity contribution in [1.82, 2.24) is 0 Å². The zero-order valence-electron chi connectivity index (χ0n) is 9.17. The van der Waals surface area contributed by atoms with Crippen LogP contribution < -0.4 is 0 Å². The molecule has 2 atom stereocenters. The molecule has 1 heterocycles. The highest BCUT2D eigenvalue weighted by Crippen LogP contribution is 2.32. The molecule has 0 amide bonds. The van der Waals surface area contributed by atoms with Gasteiger partial charge in [-0.15, -0.1) is 0 Å². The number of carbonyl (C=O) groups is 1. The van der Waals surface area contributed by atoms with Crippen molar-refractivity contribution in [1.29, 1.82) is 0 Å². The van der Waals surface area contributed by atoms with E-state index in [1.165, 1.54) is 0 Å². The lowest BCUT2D eigenvalue weighted by molar-refractivity contribution is -0.109. The van der Waals surface area contributed by atoms with E-state index >= 15 is 0 Å². The molecule has 3 nitrogen and oxygen atoms in total. The molecule has 2 unspecified atom stereocenters. The molecule has 1 aromatic rings. The molecular weight excluding hydrogens is 260 g/mol. The van der Waals surface area contributed by atoms with Gasteiger partial charge in [0.2, 0.25) is 0 Å². The largest absolute Gasteiger partial charge is 0.303 e. The van der Waals surface area contributed by atoms with Crippen LogP contribution in [-0.2, 0) is 14.6 Å². The molecular formula is C12H13ClO3S. The molecule has 0 spiro atoms.